The summed E-state index contributed by atoms with van der Waals surface area (Å²) >= 11 is 0. The van der Waals surface area contributed by atoms with E-state index in [1.54, 1.807) is 25.7 Å². The first-order valence-corrected chi connectivity index (χ1v) is 23.3. The first-order chi connectivity index (χ1) is 28.6. The molecule has 0 spiro atoms. The second kappa shape index (κ2) is 19.7. The first-order valence-electron chi connectivity index (χ1n) is 21.7. The molecule has 60 heavy (non-hydrogen) atoms. The summed E-state index contributed by atoms with van der Waals surface area (Å²) in [6, 6.07) is 3.53. The van der Waals surface area contributed by atoms with Crippen LogP contribution in [0.5, 0.6) is 5.75 Å². The average Bonchev–Trinajstić information content (AvgIpc) is 4.12. The minimum absolute atomic E-state index is 0.0700. The van der Waals surface area contributed by atoms with Crippen molar-refractivity contribution in [3.8, 4) is 5.75 Å². The van der Waals surface area contributed by atoms with Crippen molar-refractivity contribution in [3.05, 3.63) is 29.3 Å². The van der Waals surface area contributed by atoms with E-state index < -0.39 is 74.5 Å². The Morgan fingerprint density at radius 2 is 1.67 bits per heavy atom. The zero-order chi connectivity index (χ0) is 43.1. The van der Waals surface area contributed by atoms with Gasteiger partial charge in [0.05, 0.1) is 25.0 Å². The van der Waals surface area contributed by atoms with E-state index in [2.05, 4.69) is 27.2 Å². The summed E-state index contributed by atoms with van der Waals surface area (Å²) in [4.78, 5) is 73.8. The fourth-order valence-electron chi connectivity index (χ4n) is 7.88. The molecule has 4 fully saturated rings. The number of sulfonamides is 1. The summed E-state index contributed by atoms with van der Waals surface area (Å²) in [5.74, 6) is -1.33. The molecule has 5 amide bonds. The number of likely N-dealkylation sites (tertiary alicyclic amines) is 1. The second-order valence-corrected chi connectivity index (χ2v) is 19.8. The first kappa shape index (κ1) is 45.4. The molecule has 5 aliphatic rings. The average molecular weight is 861 g/mol. The normalized spacial score (nSPS) is 21.7. The van der Waals surface area contributed by atoms with Crippen molar-refractivity contribution in [2.24, 2.45) is 0 Å². The van der Waals surface area contributed by atoms with Crippen LogP contribution in [0.2, 0.25) is 0 Å². The van der Waals surface area contributed by atoms with Crippen molar-refractivity contribution in [2.45, 2.75) is 152 Å². The van der Waals surface area contributed by atoms with Crippen molar-refractivity contribution in [2.75, 3.05) is 46.0 Å². The van der Waals surface area contributed by atoms with Crippen molar-refractivity contribution >= 4 is 39.9 Å². The van der Waals surface area contributed by atoms with Crippen LogP contribution < -0.4 is 20.1 Å². The third-order valence-corrected chi connectivity index (χ3v) is 13.5. The van der Waals surface area contributed by atoms with E-state index in [-0.39, 0.29) is 38.8 Å². The molecule has 3 heterocycles. The largest absolute Gasteiger partial charge is 0.492 e. The molecule has 6 rings (SSSR count). The molecular formula is C42H64N6O11S. The molecule has 3 aliphatic heterocycles. The Morgan fingerprint density at radius 1 is 0.967 bits per heavy atom. The summed E-state index contributed by atoms with van der Waals surface area (Å²) in [7, 11) is -3.86. The number of hydrogen-bond acceptors (Lipinski definition) is 12. The lowest BCUT2D eigenvalue weighted by atomic mass is 10.0. The van der Waals surface area contributed by atoms with Gasteiger partial charge in [0.2, 0.25) is 21.8 Å². The van der Waals surface area contributed by atoms with Crippen LogP contribution in [0.15, 0.2) is 18.2 Å². The Hall–Kier alpha value is -4.16. The van der Waals surface area contributed by atoms with E-state index in [1.807, 2.05) is 18.2 Å². The number of hydrogen-bond donors (Lipinski definition) is 3. The van der Waals surface area contributed by atoms with Gasteiger partial charge in [0.25, 0.3) is 5.91 Å². The van der Waals surface area contributed by atoms with E-state index in [0.717, 1.165) is 62.9 Å². The second-order valence-electron chi connectivity index (χ2n) is 17.8. The lowest BCUT2D eigenvalue weighted by molar-refractivity contribution is -0.141. The van der Waals surface area contributed by atoms with Crippen molar-refractivity contribution in [3.63, 3.8) is 0 Å². The fraction of sp³-hybridized carbons (Fsp3) is 0.738. The van der Waals surface area contributed by atoms with Gasteiger partial charge in [-0.05, 0) is 76.1 Å². The summed E-state index contributed by atoms with van der Waals surface area (Å²) in [6.07, 6.45) is 4.99. The van der Waals surface area contributed by atoms with Gasteiger partial charge in [0.1, 0.15) is 41.7 Å². The molecule has 0 bridgehead atoms. The van der Waals surface area contributed by atoms with Gasteiger partial charge in [-0.15, -0.1) is 0 Å². The standard InChI is InChI=1S/C42H64N6O11S/c1-5-6-7-8-9-10-11-34(43-39(52)59-41(2,3)4)37(50)48-28-32(25-35(48)36(49)44-42(16-17-42)38(51)45-60(54,55)33-14-15-33)58-40(53)47-26-29-12-13-31(24-30(29)27-47)57-23-20-46-18-21-56-22-19-46/h12-13,24,32-35H,5-11,14-23,25-28H2,1-4H3,(H,43,52)(H,44,49)(H,45,51)/t32-,34+,35?/m1/s1. The van der Waals surface area contributed by atoms with E-state index in [4.69, 9.17) is 18.9 Å². The molecular weight excluding hydrogens is 797 g/mol. The summed E-state index contributed by atoms with van der Waals surface area (Å²) in [6.45, 7) is 12.2. The minimum atomic E-state index is -3.86. The Kier molecular flexibility index (Phi) is 14.9. The summed E-state index contributed by atoms with van der Waals surface area (Å²) in [5.41, 5.74) is -0.387. The number of amides is 5. The number of fused-ring (bicyclic) bond motifs is 1. The summed E-state index contributed by atoms with van der Waals surface area (Å²) < 4.78 is 50.3. The molecule has 334 valence electrons. The quantitative estimate of drug-likeness (QED) is 0.171. The predicted octanol–water partition coefficient (Wildman–Crippen LogP) is 3.72. The number of alkyl carbamates (subject to hydrolysis) is 1. The van der Waals surface area contributed by atoms with Gasteiger partial charge in [0.15, 0.2) is 0 Å². The van der Waals surface area contributed by atoms with Gasteiger partial charge < -0.3 is 34.5 Å². The Labute approximate surface area is 353 Å². The van der Waals surface area contributed by atoms with Crippen LogP contribution in [0.1, 0.15) is 116 Å². The van der Waals surface area contributed by atoms with Crippen LogP contribution in [0, 0.1) is 0 Å². The lowest BCUT2D eigenvalue weighted by Gasteiger charge is -2.30. The molecule has 3 atom stereocenters. The maximum Gasteiger partial charge on any atom is 0.410 e. The molecule has 1 aromatic carbocycles. The van der Waals surface area contributed by atoms with E-state index in [1.165, 1.54) is 4.90 Å². The fourth-order valence-corrected chi connectivity index (χ4v) is 9.25. The zero-order valence-corrected chi connectivity index (χ0v) is 36.4. The Morgan fingerprint density at radius 3 is 2.35 bits per heavy atom. The highest BCUT2D eigenvalue weighted by molar-refractivity contribution is 7.91. The predicted molar refractivity (Wildman–Crippen MR) is 220 cm³/mol. The van der Waals surface area contributed by atoms with E-state index in [9.17, 15) is 32.4 Å². The third kappa shape index (κ3) is 12.5. The number of nitrogens with zero attached hydrogens (tertiary/aromatic N) is 3. The third-order valence-electron chi connectivity index (χ3n) is 11.6. The topological polar surface area (TPSA) is 202 Å². The molecule has 1 aromatic rings. The molecule has 2 aliphatic carbocycles. The Bertz CT molecular complexity index is 1820. The van der Waals surface area contributed by atoms with Crippen molar-refractivity contribution in [1.29, 1.82) is 0 Å². The van der Waals surface area contributed by atoms with Gasteiger partial charge in [-0.2, -0.15) is 0 Å². The van der Waals surface area contributed by atoms with Gasteiger partial charge in [-0.25, -0.2) is 18.0 Å². The van der Waals surface area contributed by atoms with Gasteiger partial charge in [0, 0.05) is 39.1 Å². The molecule has 3 N–H and O–H groups in total. The SMILES string of the molecule is CCCCCCCC[C@H](NC(=O)OC(C)(C)C)C(=O)N1C[C@H](OC(=O)N2Cc3ccc(OCCN4CCOCC4)cc3C2)CC1C(=O)NC1(C(=O)NS(=O)(=O)C2CC2)CC1. The number of morpholine rings is 1. The highest BCUT2D eigenvalue weighted by Gasteiger charge is 2.55. The van der Waals surface area contributed by atoms with E-state index in [0.29, 0.717) is 51.4 Å². The molecule has 17 nitrogen and oxygen atoms in total. The number of nitrogens with one attached hydrogen (secondary N) is 3. The number of unbranched alkanes of at least 4 members (excludes halogenated alkanes) is 5. The molecule has 2 saturated carbocycles. The van der Waals surface area contributed by atoms with Crippen molar-refractivity contribution in [1.82, 2.24) is 30.1 Å². The number of rotatable bonds is 19. The van der Waals surface area contributed by atoms with Crippen LogP contribution in [0.25, 0.3) is 0 Å². The van der Waals surface area contributed by atoms with E-state index >= 15 is 0 Å². The number of carbonyl (C=O) groups excluding carboxylic acids is 5. The number of benzene rings is 1. The smallest absolute Gasteiger partial charge is 0.410 e. The monoisotopic (exact) mass is 860 g/mol. The van der Waals surface area contributed by atoms with Crippen LogP contribution in [-0.4, -0.2) is 134 Å². The van der Waals surface area contributed by atoms with Crippen LogP contribution in [0.4, 0.5) is 9.59 Å². The maximum absolute atomic E-state index is 14.5. The molecule has 2 saturated heterocycles. The number of ether oxygens (including phenoxy) is 4. The zero-order valence-electron chi connectivity index (χ0n) is 35.6. The van der Waals surface area contributed by atoms with Crippen LogP contribution in [0.3, 0.4) is 0 Å². The summed E-state index contributed by atoms with van der Waals surface area (Å²) in [5, 5.41) is 4.85. The van der Waals surface area contributed by atoms with Crippen molar-refractivity contribution < 1.29 is 51.3 Å². The number of carbonyl (C=O) groups is 5. The van der Waals surface area contributed by atoms with Crippen LogP contribution in [-0.2, 0) is 51.7 Å². The minimum Gasteiger partial charge on any atom is -0.492 e. The van der Waals surface area contributed by atoms with Gasteiger partial charge >= 0.3 is 12.2 Å². The molecule has 1 unspecified atom stereocenters. The van der Waals surface area contributed by atoms with Gasteiger partial charge in [-0.3, -0.25) is 28.9 Å². The Balaban J connectivity index is 1.13. The lowest BCUT2D eigenvalue weighted by Crippen LogP contribution is -2.57. The highest BCUT2D eigenvalue weighted by atomic mass is 32.2. The maximum atomic E-state index is 14.5. The molecule has 18 heteroatoms. The van der Waals surface area contributed by atoms with Gasteiger partial charge in [-0.1, -0.05) is 51.5 Å². The molecule has 0 aromatic heterocycles. The highest BCUT2D eigenvalue weighted by Crippen LogP contribution is 2.38. The molecule has 0 radical (unpaired) electrons. The van der Waals surface area contributed by atoms with Crippen LogP contribution >= 0.6 is 0 Å².